The number of β-amino-alcohol motifs (C(OH)–C–C–N with tert-alkyl or cyclic N) is 1. The highest BCUT2D eigenvalue weighted by Crippen LogP contribution is 2.33. The molecule has 1 amide bonds. The zero-order valence-electron chi connectivity index (χ0n) is 14.2. The second-order valence-electron chi connectivity index (χ2n) is 7.19. The molecule has 1 aromatic rings. The lowest BCUT2D eigenvalue weighted by molar-refractivity contribution is -0.00161. The van der Waals surface area contributed by atoms with Crippen LogP contribution in [0, 0.1) is 13.8 Å². The van der Waals surface area contributed by atoms with Crippen molar-refractivity contribution in [3.63, 3.8) is 0 Å². The van der Waals surface area contributed by atoms with Gasteiger partial charge in [0.05, 0.1) is 12.6 Å². The fraction of sp³-hybridized carbons (Fsp3) is 0.611. The van der Waals surface area contributed by atoms with Gasteiger partial charge < -0.3 is 14.7 Å². The van der Waals surface area contributed by atoms with Gasteiger partial charge in [0.1, 0.15) is 5.60 Å². The minimum absolute atomic E-state index is 0.0832. The van der Waals surface area contributed by atoms with Crippen LogP contribution in [0.2, 0.25) is 0 Å². The highest BCUT2D eigenvalue weighted by molar-refractivity contribution is 5.68. The minimum atomic E-state index is -0.555. The first kappa shape index (κ1) is 16.8. The fourth-order valence-electron chi connectivity index (χ4n) is 3.17. The van der Waals surface area contributed by atoms with E-state index in [-0.39, 0.29) is 12.0 Å². The molecule has 0 radical (unpaired) electrons. The van der Waals surface area contributed by atoms with Crippen molar-refractivity contribution >= 4 is 6.09 Å². The zero-order valence-corrected chi connectivity index (χ0v) is 14.2. The third kappa shape index (κ3) is 3.80. The van der Waals surface area contributed by atoms with E-state index in [4.69, 9.17) is 4.74 Å². The molecule has 4 heteroatoms. The third-order valence-corrected chi connectivity index (χ3v) is 4.15. The van der Waals surface area contributed by atoms with E-state index in [0.29, 0.717) is 13.1 Å². The van der Waals surface area contributed by atoms with Crippen LogP contribution < -0.4 is 0 Å². The van der Waals surface area contributed by atoms with Crippen LogP contribution in [0.4, 0.5) is 4.79 Å². The number of piperidine rings is 1. The maximum Gasteiger partial charge on any atom is 0.410 e. The van der Waals surface area contributed by atoms with Gasteiger partial charge in [-0.25, -0.2) is 4.79 Å². The normalized spacial score (nSPS) is 22.5. The van der Waals surface area contributed by atoms with Gasteiger partial charge in [0.25, 0.3) is 0 Å². The lowest BCUT2D eigenvalue weighted by atomic mass is 9.82. The zero-order chi connectivity index (χ0) is 16.5. The second kappa shape index (κ2) is 6.29. The van der Waals surface area contributed by atoms with Crippen LogP contribution in [0.5, 0.6) is 0 Å². The molecule has 122 valence electrons. The molecule has 2 unspecified atom stereocenters. The lowest BCUT2D eigenvalue weighted by Gasteiger charge is -2.37. The number of aliphatic hydroxyl groups excluding tert-OH is 1. The number of hydrogen-bond donors (Lipinski definition) is 1. The number of rotatable bonds is 1. The number of aliphatic hydroxyl groups is 1. The molecule has 0 saturated carbocycles. The molecule has 0 aliphatic carbocycles. The standard InChI is InChI=1S/C18H27NO3/c1-12-7-6-8-13(2)16(12)14-9-10-19(11-15(14)20)17(21)22-18(3,4)5/h6-8,14-15,20H,9-11H2,1-5H3. The van der Waals surface area contributed by atoms with Crippen molar-refractivity contribution in [2.75, 3.05) is 13.1 Å². The van der Waals surface area contributed by atoms with Crippen molar-refractivity contribution in [2.45, 2.75) is 58.7 Å². The Balaban J connectivity index is 2.09. The van der Waals surface area contributed by atoms with E-state index in [9.17, 15) is 9.90 Å². The number of amides is 1. The first-order valence-corrected chi connectivity index (χ1v) is 7.91. The van der Waals surface area contributed by atoms with Crippen LogP contribution in [0.3, 0.4) is 0 Å². The molecule has 0 aromatic heterocycles. The average molecular weight is 305 g/mol. The van der Waals surface area contributed by atoms with Crippen molar-refractivity contribution in [1.29, 1.82) is 0 Å². The van der Waals surface area contributed by atoms with E-state index in [0.717, 1.165) is 6.42 Å². The van der Waals surface area contributed by atoms with Gasteiger partial charge in [-0.15, -0.1) is 0 Å². The van der Waals surface area contributed by atoms with Crippen LogP contribution in [0.25, 0.3) is 0 Å². The highest BCUT2D eigenvalue weighted by Gasteiger charge is 2.34. The van der Waals surface area contributed by atoms with Crippen LogP contribution in [0.15, 0.2) is 18.2 Å². The predicted molar refractivity (Wildman–Crippen MR) is 87.1 cm³/mol. The number of ether oxygens (including phenoxy) is 1. The average Bonchev–Trinajstić information content (AvgIpc) is 2.38. The Labute approximate surface area is 133 Å². The van der Waals surface area contributed by atoms with Gasteiger partial charge in [0.15, 0.2) is 0 Å². The van der Waals surface area contributed by atoms with Crippen LogP contribution in [-0.4, -0.2) is 40.9 Å². The summed E-state index contributed by atoms with van der Waals surface area (Å²) in [5, 5.41) is 10.5. The van der Waals surface area contributed by atoms with E-state index < -0.39 is 11.7 Å². The lowest BCUT2D eigenvalue weighted by Crippen LogP contribution is -2.47. The van der Waals surface area contributed by atoms with Crippen molar-refractivity contribution in [2.24, 2.45) is 0 Å². The summed E-state index contributed by atoms with van der Waals surface area (Å²) < 4.78 is 5.39. The Kier molecular flexibility index (Phi) is 4.81. The molecule has 1 heterocycles. The fourth-order valence-corrected chi connectivity index (χ4v) is 3.17. The number of hydrogen-bond acceptors (Lipinski definition) is 3. The summed E-state index contributed by atoms with van der Waals surface area (Å²) in [5.74, 6) is 0.0832. The Hall–Kier alpha value is -1.55. The Morgan fingerprint density at radius 1 is 1.27 bits per heavy atom. The van der Waals surface area contributed by atoms with Crippen molar-refractivity contribution in [3.8, 4) is 0 Å². The highest BCUT2D eigenvalue weighted by atomic mass is 16.6. The molecule has 1 aliphatic rings. The second-order valence-corrected chi connectivity index (χ2v) is 7.19. The maximum atomic E-state index is 12.1. The molecule has 1 aromatic carbocycles. The Morgan fingerprint density at radius 3 is 2.36 bits per heavy atom. The molecule has 0 spiro atoms. The van der Waals surface area contributed by atoms with Crippen LogP contribution in [0.1, 0.15) is 49.8 Å². The number of carbonyl (C=O) groups excluding carboxylic acids is 1. The number of nitrogens with zero attached hydrogens (tertiary/aromatic N) is 1. The summed E-state index contributed by atoms with van der Waals surface area (Å²) in [6.45, 7) is 10.7. The number of carbonyl (C=O) groups is 1. The number of likely N-dealkylation sites (tertiary alicyclic amines) is 1. The van der Waals surface area contributed by atoms with E-state index in [1.165, 1.54) is 16.7 Å². The molecular formula is C18H27NO3. The van der Waals surface area contributed by atoms with E-state index in [2.05, 4.69) is 26.0 Å². The Bertz CT molecular complexity index is 528. The van der Waals surface area contributed by atoms with Crippen molar-refractivity contribution in [3.05, 3.63) is 34.9 Å². The Morgan fingerprint density at radius 2 is 1.86 bits per heavy atom. The topological polar surface area (TPSA) is 49.8 Å². The molecule has 1 aliphatic heterocycles. The smallest absolute Gasteiger partial charge is 0.410 e. The molecule has 1 N–H and O–H groups in total. The summed E-state index contributed by atoms with van der Waals surface area (Å²) in [6.07, 6.45) is -0.140. The van der Waals surface area contributed by atoms with Crippen molar-refractivity contribution < 1.29 is 14.6 Å². The number of aryl methyl sites for hydroxylation is 2. The first-order valence-electron chi connectivity index (χ1n) is 7.91. The quantitative estimate of drug-likeness (QED) is 0.865. The summed E-state index contributed by atoms with van der Waals surface area (Å²) >= 11 is 0. The molecule has 1 fully saturated rings. The molecule has 4 nitrogen and oxygen atoms in total. The van der Waals surface area contributed by atoms with Gasteiger partial charge in [0.2, 0.25) is 0 Å². The molecule has 0 bridgehead atoms. The van der Waals surface area contributed by atoms with Crippen LogP contribution in [-0.2, 0) is 4.74 Å². The van der Waals surface area contributed by atoms with Gasteiger partial charge in [-0.1, -0.05) is 18.2 Å². The predicted octanol–water partition coefficient (Wildman–Crippen LogP) is 3.39. The van der Waals surface area contributed by atoms with Gasteiger partial charge in [-0.05, 0) is 57.7 Å². The van der Waals surface area contributed by atoms with Gasteiger partial charge >= 0.3 is 6.09 Å². The first-order chi connectivity index (χ1) is 10.2. The molecule has 1 saturated heterocycles. The largest absolute Gasteiger partial charge is 0.444 e. The van der Waals surface area contributed by atoms with Gasteiger partial charge in [-0.3, -0.25) is 0 Å². The minimum Gasteiger partial charge on any atom is -0.444 e. The monoisotopic (exact) mass is 305 g/mol. The van der Waals surface area contributed by atoms with E-state index in [1.54, 1.807) is 4.90 Å². The SMILES string of the molecule is Cc1cccc(C)c1C1CCN(C(=O)OC(C)(C)C)CC1O. The third-order valence-electron chi connectivity index (χ3n) is 4.15. The molecule has 22 heavy (non-hydrogen) atoms. The number of benzene rings is 1. The summed E-state index contributed by atoms with van der Waals surface area (Å²) in [7, 11) is 0. The summed E-state index contributed by atoms with van der Waals surface area (Å²) in [4.78, 5) is 13.7. The summed E-state index contributed by atoms with van der Waals surface area (Å²) in [6, 6.07) is 6.20. The van der Waals surface area contributed by atoms with E-state index >= 15 is 0 Å². The van der Waals surface area contributed by atoms with Crippen molar-refractivity contribution in [1.82, 2.24) is 4.90 Å². The van der Waals surface area contributed by atoms with Crippen LogP contribution >= 0.6 is 0 Å². The molecular weight excluding hydrogens is 278 g/mol. The van der Waals surface area contributed by atoms with Gasteiger partial charge in [-0.2, -0.15) is 0 Å². The maximum absolute atomic E-state index is 12.1. The van der Waals surface area contributed by atoms with E-state index in [1.807, 2.05) is 26.8 Å². The van der Waals surface area contributed by atoms with Gasteiger partial charge in [0, 0.05) is 12.5 Å². The molecule has 2 rings (SSSR count). The summed E-state index contributed by atoms with van der Waals surface area (Å²) in [5.41, 5.74) is 3.12. The molecule has 2 atom stereocenters.